The Morgan fingerprint density at radius 3 is 2.58 bits per heavy atom. The predicted octanol–water partition coefficient (Wildman–Crippen LogP) is 2.29. The zero-order valence-corrected chi connectivity index (χ0v) is 16.7. The van der Waals surface area contributed by atoms with Crippen LogP contribution < -0.4 is 25.6 Å². The topological polar surface area (TPSA) is 71.6 Å². The molecule has 0 aromatic heterocycles. The van der Waals surface area contributed by atoms with Gasteiger partial charge in [0.05, 0.1) is 10.9 Å². The molecule has 2 heterocycles. The Labute approximate surface area is 162 Å². The standard InChI is InChI=1S/C19H26BrN3O3/c1-10(2)16-15(20)18(23-22-16)19(24)21-17(11-3-4-11)12-5-6-13-14(9-12)26-8-7-25-13/h5-6,9-11,15-18,22-23H,3-4,7-8H2,1-2H3,(H,21,24). The van der Waals surface area contributed by atoms with E-state index in [-0.39, 0.29) is 28.9 Å². The summed E-state index contributed by atoms with van der Waals surface area (Å²) in [7, 11) is 0. The van der Waals surface area contributed by atoms with Gasteiger partial charge in [0, 0.05) is 6.04 Å². The molecule has 0 bridgehead atoms. The highest BCUT2D eigenvalue weighted by atomic mass is 79.9. The van der Waals surface area contributed by atoms with Gasteiger partial charge in [0.1, 0.15) is 19.3 Å². The van der Waals surface area contributed by atoms with Crippen LogP contribution in [0.2, 0.25) is 0 Å². The van der Waals surface area contributed by atoms with Crippen molar-refractivity contribution in [3.8, 4) is 11.5 Å². The lowest BCUT2D eigenvalue weighted by Crippen LogP contribution is -2.47. The summed E-state index contributed by atoms with van der Waals surface area (Å²) in [6.07, 6.45) is 2.28. The molecule has 1 amide bonds. The third kappa shape index (κ3) is 3.57. The van der Waals surface area contributed by atoms with Crippen molar-refractivity contribution >= 4 is 21.8 Å². The number of carbonyl (C=O) groups excluding carboxylic acids is 1. The molecule has 7 heteroatoms. The van der Waals surface area contributed by atoms with Crippen molar-refractivity contribution in [1.82, 2.24) is 16.2 Å². The van der Waals surface area contributed by atoms with Crippen LogP contribution in [0.3, 0.4) is 0 Å². The van der Waals surface area contributed by atoms with Crippen LogP contribution in [0, 0.1) is 11.8 Å². The molecule has 2 fully saturated rings. The molecule has 1 saturated heterocycles. The molecule has 4 unspecified atom stereocenters. The highest BCUT2D eigenvalue weighted by Gasteiger charge is 2.42. The maximum absolute atomic E-state index is 12.9. The second-order valence-electron chi connectivity index (χ2n) is 7.71. The summed E-state index contributed by atoms with van der Waals surface area (Å²) in [6, 6.07) is 5.95. The maximum atomic E-state index is 12.9. The Balaban J connectivity index is 1.49. The first-order valence-corrected chi connectivity index (χ1v) is 10.3. The zero-order valence-electron chi connectivity index (χ0n) is 15.1. The Kier molecular flexibility index (Phi) is 5.12. The summed E-state index contributed by atoms with van der Waals surface area (Å²) in [5.74, 6) is 2.50. The first kappa shape index (κ1) is 18.1. The Bertz CT molecular complexity index is 680. The molecule has 3 N–H and O–H groups in total. The van der Waals surface area contributed by atoms with Gasteiger partial charge >= 0.3 is 0 Å². The van der Waals surface area contributed by atoms with Gasteiger partial charge in [-0.1, -0.05) is 35.8 Å². The van der Waals surface area contributed by atoms with Crippen molar-refractivity contribution < 1.29 is 14.3 Å². The van der Waals surface area contributed by atoms with E-state index >= 15 is 0 Å². The average molecular weight is 424 g/mol. The Morgan fingerprint density at radius 2 is 1.92 bits per heavy atom. The molecule has 3 aliphatic rings. The molecule has 1 aliphatic carbocycles. The van der Waals surface area contributed by atoms with Gasteiger partial charge in [-0.15, -0.1) is 0 Å². The summed E-state index contributed by atoms with van der Waals surface area (Å²) in [5.41, 5.74) is 7.48. The first-order valence-electron chi connectivity index (χ1n) is 9.39. The lowest BCUT2D eigenvalue weighted by molar-refractivity contribution is -0.123. The molecule has 26 heavy (non-hydrogen) atoms. The van der Waals surface area contributed by atoms with Crippen LogP contribution in [0.5, 0.6) is 11.5 Å². The van der Waals surface area contributed by atoms with Crippen molar-refractivity contribution in [2.24, 2.45) is 11.8 Å². The second kappa shape index (κ2) is 7.37. The molecular weight excluding hydrogens is 398 g/mol. The van der Waals surface area contributed by atoms with E-state index in [0.29, 0.717) is 25.0 Å². The van der Waals surface area contributed by atoms with Crippen LogP contribution in [0.15, 0.2) is 18.2 Å². The number of alkyl halides is 1. The molecular formula is C19H26BrN3O3. The van der Waals surface area contributed by atoms with Crippen LogP contribution in [0.25, 0.3) is 0 Å². The number of hydrazine groups is 1. The number of benzene rings is 1. The minimum Gasteiger partial charge on any atom is -0.486 e. The number of ether oxygens (including phenoxy) is 2. The summed E-state index contributed by atoms with van der Waals surface area (Å²) in [4.78, 5) is 13.0. The summed E-state index contributed by atoms with van der Waals surface area (Å²) in [5, 5.41) is 3.27. The van der Waals surface area contributed by atoms with Gasteiger partial charge in [-0.05, 0) is 42.4 Å². The molecule has 2 aliphatic heterocycles. The second-order valence-corrected chi connectivity index (χ2v) is 8.76. The third-order valence-corrected chi connectivity index (χ3v) is 6.48. The number of carbonyl (C=O) groups is 1. The van der Waals surface area contributed by atoms with Crippen molar-refractivity contribution in [2.45, 2.75) is 49.6 Å². The van der Waals surface area contributed by atoms with Crippen LogP contribution in [0.1, 0.15) is 38.3 Å². The fraction of sp³-hybridized carbons (Fsp3) is 0.632. The van der Waals surface area contributed by atoms with Crippen molar-refractivity contribution in [2.75, 3.05) is 13.2 Å². The number of fused-ring (bicyclic) bond motifs is 1. The Hall–Kier alpha value is -1.31. The predicted molar refractivity (Wildman–Crippen MR) is 102 cm³/mol. The van der Waals surface area contributed by atoms with E-state index in [4.69, 9.17) is 9.47 Å². The van der Waals surface area contributed by atoms with E-state index in [1.54, 1.807) is 0 Å². The van der Waals surface area contributed by atoms with E-state index in [2.05, 4.69) is 45.9 Å². The first-order chi connectivity index (χ1) is 12.5. The lowest BCUT2D eigenvalue weighted by Gasteiger charge is -2.25. The fourth-order valence-corrected chi connectivity index (χ4v) is 4.81. The molecule has 1 aromatic carbocycles. The van der Waals surface area contributed by atoms with Crippen LogP contribution >= 0.6 is 15.9 Å². The zero-order chi connectivity index (χ0) is 18.3. The van der Waals surface area contributed by atoms with Gasteiger partial charge < -0.3 is 14.8 Å². The number of rotatable bonds is 5. The highest BCUT2D eigenvalue weighted by Crippen LogP contribution is 2.43. The lowest BCUT2D eigenvalue weighted by atomic mass is 9.97. The molecule has 142 valence electrons. The number of nitrogens with one attached hydrogen (secondary N) is 3. The van der Waals surface area contributed by atoms with Gasteiger partial charge in [0.25, 0.3) is 0 Å². The van der Waals surface area contributed by atoms with E-state index in [1.165, 1.54) is 0 Å². The third-order valence-electron chi connectivity index (χ3n) is 5.38. The highest BCUT2D eigenvalue weighted by molar-refractivity contribution is 9.09. The van der Waals surface area contributed by atoms with Crippen molar-refractivity contribution in [3.63, 3.8) is 0 Å². The van der Waals surface area contributed by atoms with Crippen molar-refractivity contribution in [3.05, 3.63) is 23.8 Å². The van der Waals surface area contributed by atoms with E-state index in [1.807, 2.05) is 18.2 Å². The van der Waals surface area contributed by atoms with Gasteiger partial charge in [-0.3, -0.25) is 10.2 Å². The van der Waals surface area contributed by atoms with Crippen LogP contribution in [-0.2, 0) is 4.79 Å². The van der Waals surface area contributed by atoms with E-state index in [0.717, 1.165) is 29.9 Å². The Morgan fingerprint density at radius 1 is 1.19 bits per heavy atom. The molecule has 0 radical (unpaired) electrons. The molecule has 0 spiro atoms. The monoisotopic (exact) mass is 423 g/mol. The van der Waals surface area contributed by atoms with Crippen molar-refractivity contribution in [1.29, 1.82) is 0 Å². The van der Waals surface area contributed by atoms with Gasteiger partial charge in [0.15, 0.2) is 11.5 Å². The summed E-state index contributed by atoms with van der Waals surface area (Å²) in [6.45, 7) is 5.45. The minimum absolute atomic E-state index is 0.0120. The maximum Gasteiger partial charge on any atom is 0.240 e. The summed E-state index contributed by atoms with van der Waals surface area (Å²) >= 11 is 3.70. The van der Waals surface area contributed by atoms with E-state index < -0.39 is 0 Å². The number of hydrogen-bond donors (Lipinski definition) is 3. The SMILES string of the molecule is CC(C)C1NNC(C(=O)NC(c2ccc3c(c2)OCCO3)C2CC2)C1Br. The van der Waals surface area contributed by atoms with E-state index in [9.17, 15) is 4.79 Å². The molecule has 4 rings (SSSR count). The van der Waals surface area contributed by atoms with Gasteiger partial charge in [-0.2, -0.15) is 0 Å². The van der Waals surface area contributed by atoms with Gasteiger partial charge in [-0.25, -0.2) is 5.43 Å². The molecule has 6 nitrogen and oxygen atoms in total. The minimum atomic E-state index is -0.291. The number of amides is 1. The average Bonchev–Trinajstić information content (AvgIpc) is 3.40. The number of halogens is 1. The van der Waals surface area contributed by atoms with Crippen LogP contribution in [0.4, 0.5) is 0 Å². The fourth-order valence-electron chi connectivity index (χ4n) is 3.70. The molecule has 4 atom stereocenters. The summed E-state index contributed by atoms with van der Waals surface area (Å²) < 4.78 is 11.3. The van der Waals surface area contributed by atoms with Gasteiger partial charge in [0.2, 0.25) is 5.91 Å². The molecule has 1 aromatic rings. The largest absolute Gasteiger partial charge is 0.486 e. The quantitative estimate of drug-likeness (QED) is 0.633. The smallest absolute Gasteiger partial charge is 0.240 e. The normalized spacial score (nSPS) is 28.8. The number of hydrogen-bond acceptors (Lipinski definition) is 5. The molecule has 1 saturated carbocycles. The van der Waals surface area contributed by atoms with Crippen LogP contribution in [-0.4, -0.2) is 36.0 Å².